The molecule has 0 aliphatic rings. The van der Waals surface area contributed by atoms with Crippen molar-refractivity contribution in [1.29, 1.82) is 0 Å². The van der Waals surface area contributed by atoms with Crippen molar-refractivity contribution in [3.05, 3.63) is 23.8 Å². The van der Waals surface area contributed by atoms with Gasteiger partial charge in [-0.25, -0.2) is 9.97 Å². The molecule has 0 aromatic carbocycles. The van der Waals surface area contributed by atoms with Crippen molar-refractivity contribution < 1.29 is 19.5 Å². The van der Waals surface area contributed by atoms with Crippen molar-refractivity contribution in [1.82, 2.24) is 9.97 Å². The highest BCUT2D eigenvalue weighted by molar-refractivity contribution is 5.92. The van der Waals surface area contributed by atoms with Crippen molar-refractivity contribution in [2.75, 3.05) is 0 Å². The smallest absolute Gasteiger partial charge is 0.307 e. The van der Waals surface area contributed by atoms with Gasteiger partial charge in [0.1, 0.15) is 11.4 Å². The molecule has 20 heavy (non-hydrogen) atoms. The van der Waals surface area contributed by atoms with E-state index in [2.05, 4.69) is 9.97 Å². The summed E-state index contributed by atoms with van der Waals surface area (Å²) in [6, 6.07) is -0.257. The second-order valence-corrected chi connectivity index (χ2v) is 4.00. The summed E-state index contributed by atoms with van der Waals surface area (Å²) >= 11 is 0. The molecule has 2 atom stereocenters. The van der Waals surface area contributed by atoms with E-state index in [-0.39, 0.29) is 17.4 Å². The maximum atomic E-state index is 10.5. The number of nitrogens with zero attached hydrogens (tertiary/aromatic N) is 2. The molecule has 2 unspecified atom stereocenters. The van der Waals surface area contributed by atoms with Crippen molar-refractivity contribution in [2.24, 2.45) is 23.1 Å². The summed E-state index contributed by atoms with van der Waals surface area (Å²) in [5, 5.41) is 8.27. The Hall–Kier alpha value is -2.55. The Morgan fingerprint density at radius 1 is 1.05 bits per heavy atom. The van der Waals surface area contributed by atoms with Gasteiger partial charge in [-0.05, 0) is 6.92 Å². The van der Waals surface area contributed by atoms with E-state index in [0.717, 1.165) is 12.4 Å². The number of carboxylic acids is 1. The molecule has 0 aliphatic carbocycles. The summed E-state index contributed by atoms with van der Waals surface area (Å²) in [6.45, 7) is 3.27. The van der Waals surface area contributed by atoms with Gasteiger partial charge in [0.25, 0.3) is 11.8 Å². The molecular weight excluding hydrogens is 266 g/mol. The fourth-order valence-electron chi connectivity index (χ4n) is 0.807. The van der Waals surface area contributed by atoms with Gasteiger partial charge >= 0.3 is 5.97 Å². The molecule has 9 heteroatoms. The number of amides is 2. The van der Waals surface area contributed by atoms with Crippen molar-refractivity contribution in [3.63, 3.8) is 0 Å². The molecule has 110 valence electrons. The van der Waals surface area contributed by atoms with Crippen LogP contribution in [0.1, 0.15) is 34.8 Å². The van der Waals surface area contributed by atoms with E-state index in [0.29, 0.717) is 0 Å². The van der Waals surface area contributed by atoms with E-state index < -0.39 is 23.7 Å². The van der Waals surface area contributed by atoms with E-state index >= 15 is 0 Å². The second-order valence-electron chi connectivity index (χ2n) is 4.00. The molecular formula is C11H17N5O4. The van der Waals surface area contributed by atoms with E-state index in [1.165, 1.54) is 0 Å². The minimum absolute atomic E-state index is 0.000000000000000222. The maximum absolute atomic E-state index is 10.5. The van der Waals surface area contributed by atoms with Crippen LogP contribution < -0.4 is 17.2 Å². The van der Waals surface area contributed by atoms with Crippen LogP contribution in [-0.2, 0) is 4.79 Å². The number of carbonyl (C=O) groups excluding carboxylic acids is 2. The summed E-state index contributed by atoms with van der Waals surface area (Å²) in [7, 11) is 0. The molecule has 1 aromatic heterocycles. The first-order valence-corrected chi connectivity index (χ1v) is 5.56. The highest BCUT2D eigenvalue weighted by atomic mass is 16.4. The van der Waals surface area contributed by atoms with Crippen molar-refractivity contribution in [2.45, 2.75) is 19.9 Å². The van der Waals surface area contributed by atoms with Gasteiger partial charge in [-0.2, -0.15) is 0 Å². The normalized spacial score (nSPS) is 12.6. The number of aromatic nitrogens is 2. The molecule has 0 fully saturated rings. The SMILES string of the molecule is CC(N)C(C)C(=O)O.NC(=O)c1cnc(C(N)=O)cn1. The monoisotopic (exact) mass is 283 g/mol. The zero-order chi connectivity index (χ0) is 15.9. The molecule has 0 spiro atoms. The Morgan fingerprint density at radius 3 is 1.50 bits per heavy atom. The highest BCUT2D eigenvalue weighted by Crippen LogP contribution is 1.97. The molecule has 0 bridgehead atoms. The van der Waals surface area contributed by atoms with Gasteiger partial charge in [-0.15, -0.1) is 0 Å². The van der Waals surface area contributed by atoms with Gasteiger partial charge < -0.3 is 22.3 Å². The third-order valence-electron chi connectivity index (χ3n) is 2.33. The third-order valence-corrected chi connectivity index (χ3v) is 2.33. The van der Waals surface area contributed by atoms with Crippen LogP contribution in [0.15, 0.2) is 12.4 Å². The number of rotatable bonds is 4. The average molecular weight is 283 g/mol. The molecule has 0 saturated carbocycles. The Labute approximate surface area is 115 Å². The lowest BCUT2D eigenvalue weighted by Gasteiger charge is -2.07. The minimum Gasteiger partial charge on any atom is -0.481 e. The lowest BCUT2D eigenvalue weighted by atomic mass is 10.1. The van der Waals surface area contributed by atoms with Crippen LogP contribution in [0.5, 0.6) is 0 Å². The standard InChI is InChI=1S/C6H6N4O2.C5H11NO2/c7-5(11)3-1-9-4(2-10-3)6(8)12;1-3(4(2)6)5(7)8/h1-2H,(H2,7,11)(H2,8,12);3-4H,6H2,1-2H3,(H,7,8). The topological polar surface area (TPSA) is 175 Å². The van der Waals surface area contributed by atoms with E-state index in [1.54, 1.807) is 13.8 Å². The average Bonchev–Trinajstić information content (AvgIpc) is 2.38. The predicted molar refractivity (Wildman–Crippen MR) is 69.5 cm³/mol. The Kier molecular flexibility index (Phi) is 6.80. The van der Waals surface area contributed by atoms with Crippen LogP contribution in [0.3, 0.4) is 0 Å². The fourth-order valence-corrected chi connectivity index (χ4v) is 0.807. The van der Waals surface area contributed by atoms with Gasteiger partial charge in [0.15, 0.2) is 0 Å². The number of nitrogens with two attached hydrogens (primary N) is 3. The summed E-state index contributed by atoms with van der Waals surface area (Å²) in [4.78, 5) is 38.2. The number of carbonyl (C=O) groups is 3. The number of primary amides is 2. The summed E-state index contributed by atoms with van der Waals surface area (Å²) in [6.07, 6.45) is 2.20. The Bertz CT molecular complexity index is 453. The lowest BCUT2D eigenvalue weighted by Crippen LogP contribution is -2.30. The minimum atomic E-state index is -0.833. The molecule has 1 rings (SSSR count). The van der Waals surface area contributed by atoms with Crippen LogP contribution in [-0.4, -0.2) is 38.9 Å². The van der Waals surface area contributed by atoms with Crippen LogP contribution >= 0.6 is 0 Å². The van der Waals surface area contributed by atoms with E-state index in [1.807, 2.05) is 0 Å². The van der Waals surface area contributed by atoms with E-state index in [9.17, 15) is 14.4 Å². The largest absolute Gasteiger partial charge is 0.481 e. The number of hydrogen-bond acceptors (Lipinski definition) is 6. The Balaban J connectivity index is 0.000000396. The van der Waals surface area contributed by atoms with E-state index in [4.69, 9.17) is 22.3 Å². The summed E-state index contributed by atoms with van der Waals surface area (Å²) < 4.78 is 0. The number of aliphatic carboxylic acids is 1. The van der Waals surface area contributed by atoms with Gasteiger partial charge in [0, 0.05) is 6.04 Å². The maximum Gasteiger partial charge on any atom is 0.307 e. The van der Waals surface area contributed by atoms with Crippen LogP contribution in [0.25, 0.3) is 0 Å². The predicted octanol–water partition coefficient (Wildman–Crippen LogP) is -1.27. The molecule has 7 N–H and O–H groups in total. The van der Waals surface area contributed by atoms with Crippen LogP contribution in [0.2, 0.25) is 0 Å². The summed E-state index contributed by atoms with van der Waals surface area (Å²) in [5.41, 5.74) is 15.0. The van der Waals surface area contributed by atoms with Gasteiger partial charge in [0.05, 0.1) is 18.3 Å². The van der Waals surface area contributed by atoms with Crippen LogP contribution in [0, 0.1) is 5.92 Å². The first-order chi connectivity index (χ1) is 9.16. The van der Waals surface area contributed by atoms with Gasteiger partial charge in [0.2, 0.25) is 0 Å². The number of hydrogen-bond donors (Lipinski definition) is 4. The first-order valence-electron chi connectivity index (χ1n) is 5.56. The molecule has 1 heterocycles. The fraction of sp³-hybridized carbons (Fsp3) is 0.364. The first kappa shape index (κ1) is 17.4. The lowest BCUT2D eigenvalue weighted by molar-refractivity contribution is -0.141. The Morgan fingerprint density at radius 2 is 1.40 bits per heavy atom. The quantitative estimate of drug-likeness (QED) is 0.532. The summed E-state index contributed by atoms with van der Waals surface area (Å²) in [5.74, 6) is -2.66. The third kappa shape index (κ3) is 5.87. The van der Waals surface area contributed by atoms with Gasteiger partial charge in [-0.1, -0.05) is 6.92 Å². The zero-order valence-electron chi connectivity index (χ0n) is 11.1. The number of carboxylic acid groups (broad SMARTS) is 1. The molecule has 0 aliphatic heterocycles. The second kappa shape index (κ2) is 7.79. The molecule has 9 nitrogen and oxygen atoms in total. The van der Waals surface area contributed by atoms with Crippen molar-refractivity contribution in [3.8, 4) is 0 Å². The molecule has 2 amide bonds. The van der Waals surface area contributed by atoms with Crippen molar-refractivity contribution >= 4 is 17.8 Å². The zero-order valence-corrected chi connectivity index (χ0v) is 11.1. The molecule has 0 saturated heterocycles. The molecule has 0 radical (unpaired) electrons. The molecule has 1 aromatic rings. The van der Waals surface area contributed by atoms with Gasteiger partial charge in [-0.3, -0.25) is 14.4 Å². The highest BCUT2D eigenvalue weighted by Gasteiger charge is 2.14. The van der Waals surface area contributed by atoms with Crippen LogP contribution in [0.4, 0.5) is 0 Å².